The summed E-state index contributed by atoms with van der Waals surface area (Å²) in [5, 5.41) is 2.31. The standard InChI is InChI=1S/C12H20N4.2ClH/c1-2-11(12-13-7-6-8-14-12)15-16-9-4-3-5-10-16;;/h6-8,11,15H,2-5,9-10H2,1H3;2*1H. The average Bonchev–Trinajstić information content (AvgIpc) is 2.38. The van der Waals surface area contributed by atoms with Crippen molar-refractivity contribution in [2.24, 2.45) is 0 Å². The third-order valence-corrected chi connectivity index (χ3v) is 3.00. The Morgan fingerprint density at radius 3 is 2.33 bits per heavy atom. The van der Waals surface area contributed by atoms with Gasteiger partial charge in [-0.05, 0) is 25.3 Å². The van der Waals surface area contributed by atoms with Crippen molar-refractivity contribution in [2.45, 2.75) is 38.6 Å². The van der Waals surface area contributed by atoms with E-state index in [1.807, 2.05) is 18.5 Å². The van der Waals surface area contributed by atoms with Gasteiger partial charge in [0.05, 0.1) is 6.04 Å². The van der Waals surface area contributed by atoms with Gasteiger partial charge in [0.2, 0.25) is 0 Å². The maximum Gasteiger partial charge on any atom is 0.146 e. The molecule has 2 rings (SSSR count). The largest absolute Gasteiger partial charge is 0.244 e. The molecule has 6 heteroatoms. The lowest BCUT2D eigenvalue weighted by molar-refractivity contribution is 0.124. The summed E-state index contributed by atoms with van der Waals surface area (Å²) >= 11 is 0. The Kier molecular flexibility index (Phi) is 9.28. The van der Waals surface area contributed by atoms with Crippen molar-refractivity contribution >= 4 is 24.8 Å². The van der Waals surface area contributed by atoms with E-state index < -0.39 is 0 Å². The summed E-state index contributed by atoms with van der Waals surface area (Å²) in [6.07, 6.45) is 8.57. The van der Waals surface area contributed by atoms with E-state index in [-0.39, 0.29) is 30.9 Å². The van der Waals surface area contributed by atoms with Gasteiger partial charge in [0.25, 0.3) is 0 Å². The predicted octanol–water partition coefficient (Wildman–Crippen LogP) is 2.76. The summed E-state index contributed by atoms with van der Waals surface area (Å²) in [6.45, 7) is 4.45. The summed E-state index contributed by atoms with van der Waals surface area (Å²) in [5.41, 5.74) is 3.53. The van der Waals surface area contributed by atoms with Crippen LogP contribution in [0.25, 0.3) is 0 Å². The lowest BCUT2D eigenvalue weighted by Gasteiger charge is -2.30. The molecule has 1 aliphatic heterocycles. The van der Waals surface area contributed by atoms with E-state index in [0.29, 0.717) is 0 Å². The molecule has 1 unspecified atom stereocenters. The van der Waals surface area contributed by atoms with Gasteiger partial charge in [-0.15, -0.1) is 24.8 Å². The zero-order valence-corrected chi connectivity index (χ0v) is 12.3. The van der Waals surface area contributed by atoms with Crippen LogP contribution in [0.4, 0.5) is 0 Å². The first-order valence-electron chi connectivity index (χ1n) is 6.18. The fraction of sp³-hybridized carbons (Fsp3) is 0.667. The number of rotatable bonds is 4. The topological polar surface area (TPSA) is 41.0 Å². The lowest BCUT2D eigenvalue weighted by Crippen LogP contribution is -2.43. The molecule has 1 fully saturated rings. The third-order valence-electron chi connectivity index (χ3n) is 3.00. The Hall–Kier alpha value is -0.420. The molecule has 104 valence electrons. The summed E-state index contributed by atoms with van der Waals surface area (Å²) in [6, 6.07) is 2.11. The van der Waals surface area contributed by atoms with E-state index in [9.17, 15) is 0 Å². The van der Waals surface area contributed by atoms with Gasteiger partial charge in [0.1, 0.15) is 5.82 Å². The summed E-state index contributed by atoms with van der Waals surface area (Å²) < 4.78 is 0. The van der Waals surface area contributed by atoms with Gasteiger partial charge < -0.3 is 0 Å². The molecule has 0 saturated carbocycles. The molecule has 1 N–H and O–H groups in total. The number of hydrogen-bond donors (Lipinski definition) is 1. The molecular weight excluding hydrogens is 271 g/mol. The zero-order valence-electron chi connectivity index (χ0n) is 10.7. The first-order chi connectivity index (χ1) is 7.90. The molecule has 4 nitrogen and oxygen atoms in total. The second-order valence-electron chi connectivity index (χ2n) is 4.24. The van der Waals surface area contributed by atoms with E-state index >= 15 is 0 Å². The molecule has 1 aromatic heterocycles. The summed E-state index contributed by atoms with van der Waals surface area (Å²) in [4.78, 5) is 8.63. The van der Waals surface area contributed by atoms with Gasteiger partial charge in [-0.25, -0.2) is 20.4 Å². The number of aromatic nitrogens is 2. The van der Waals surface area contributed by atoms with Gasteiger partial charge in [-0.3, -0.25) is 0 Å². The Morgan fingerprint density at radius 2 is 1.78 bits per heavy atom. The number of hydrazine groups is 1. The highest BCUT2D eigenvalue weighted by atomic mass is 35.5. The smallest absolute Gasteiger partial charge is 0.146 e. The fourth-order valence-corrected chi connectivity index (χ4v) is 2.07. The maximum absolute atomic E-state index is 4.32. The molecule has 2 heterocycles. The van der Waals surface area contributed by atoms with Crippen LogP contribution in [0.15, 0.2) is 18.5 Å². The second-order valence-corrected chi connectivity index (χ2v) is 4.24. The first kappa shape index (κ1) is 17.6. The van der Waals surface area contributed by atoms with E-state index in [2.05, 4.69) is 27.3 Å². The van der Waals surface area contributed by atoms with Crippen molar-refractivity contribution in [3.63, 3.8) is 0 Å². The van der Waals surface area contributed by atoms with Gasteiger partial charge in [-0.2, -0.15) is 0 Å². The van der Waals surface area contributed by atoms with Crippen LogP contribution >= 0.6 is 24.8 Å². The van der Waals surface area contributed by atoms with E-state index in [1.165, 1.54) is 19.3 Å². The lowest BCUT2D eigenvalue weighted by atomic mass is 10.1. The monoisotopic (exact) mass is 292 g/mol. The van der Waals surface area contributed by atoms with Crippen LogP contribution in [-0.4, -0.2) is 28.1 Å². The number of nitrogens with zero attached hydrogens (tertiary/aromatic N) is 3. The molecule has 0 spiro atoms. The highest BCUT2D eigenvalue weighted by Gasteiger charge is 2.17. The SMILES string of the molecule is CCC(NN1CCCCC1)c1ncccn1.Cl.Cl. The van der Waals surface area contributed by atoms with Crippen LogP contribution in [0.2, 0.25) is 0 Å². The molecule has 0 aliphatic carbocycles. The Bertz CT molecular complexity index is 304. The van der Waals surface area contributed by atoms with Gasteiger partial charge in [-0.1, -0.05) is 13.3 Å². The molecule has 18 heavy (non-hydrogen) atoms. The van der Waals surface area contributed by atoms with Crippen molar-refractivity contribution < 1.29 is 0 Å². The van der Waals surface area contributed by atoms with E-state index in [1.54, 1.807) is 0 Å². The highest BCUT2D eigenvalue weighted by molar-refractivity contribution is 5.85. The highest BCUT2D eigenvalue weighted by Crippen LogP contribution is 2.14. The van der Waals surface area contributed by atoms with Crippen LogP contribution in [0.3, 0.4) is 0 Å². The molecule has 0 bridgehead atoms. The number of halogens is 2. The Balaban J connectivity index is 0.00000144. The quantitative estimate of drug-likeness (QED) is 0.927. The number of piperidine rings is 1. The van der Waals surface area contributed by atoms with E-state index in [4.69, 9.17) is 0 Å². The van der Waals surface area contributed by atoms with Crippen LogP contribution in [0, 0.1) is 0 Å². The molecule has 0 aromatic carbocycles. The molecular formula is C12H22Cl2N4. The van der Waals surface area contributed by atoms with Crippen molar-refractivity contribution in [1.29, 1.82) is 0 Å². The van der Waals surface area contributed by atoms with Gasteiger partial charge in [0, 0.05) is 25.5 Å². The minimum atomic E-state index is 0. The average molecular weight is 293 g/mol. The van der Waals surface area contributed by atoms with Crippen LogP contribution in [0.5, 0.6) is 0 Å². The second kappa shape index (κ2) is 9.50. The fourth-order valence-electron chi connectivity index (χ4n) is 2.07. The Labute approximate surface area is 121 Å². The normalized spacial score (nSPS) is 17.4. The minimum Gasteiger partial charge on any atom is -0.244 e. The van der Waals surface area contributed by atoms with Gasteiger partial charge >= 0.3 is 0 Å². The summed E-state index contributed by atoms with van der Waals surface area (Å²) in [5.74, 6) is 0.899. The van der Waals surface area contributed by atoms with E-state index in [0.717, 1.165) is 25.3 Å². The summed E-state index contributed by atoms with van der Waals surface area (Å²) in [7, 11) is 0. The Morgan fingerprint density at radius 1 is 1.17 bits per heavy atom. The number of hydrogen-bond acceptors (Lipinski definition) is 4. The molecule has 0 amide bonds. The maximum atomic E-state index is 4.32. The van der Waals surface area contributed by atoms with Crippen molar-refractivity contribution in [2.75, 3.05) is 13.1 Å². The van der Waals surface area contributed by atoms with Crippen LogP contribution in [-0.2, 0) is 0 Å². The van der Waals surface area contributed by atoms with Gasteiger partial charge in [0.15, 0.2) is 0 Å². The molecule has 1 aliphatic rings. The number of nitrogens with one attached hydrogen (secondary N) is 1. The van der Waals surface area contributed by atoms with Crippen molar-refractivity contribution in [1.82, 2.24) is 20.4 Å². The van der Waals surface area contributed by atoms with Crippen LogP contribution in [0.1, 0.15) is 44.5 Å². The van der Waals surface area contributed by atoms with Crippen LogP contribution < -0.4 is 5.43 Å². The van der Waals surface area contributed by atoms with Crippen molar-refractivity contribution in [3.8, 4) is 0 Å². The molecule has 0 radical (unpaired) electrons. The first-order valence-corrected chi connectivity index (χ1v) is 6.18. The minimum absolute atomic E-state index is 0. The molecule has 1 aromatic rings. The zero-order chi connectivity index (χ0) is 11.2. The predicted molar refractivity (Wildman–Crippen MR) is 78.1 cm³/mol. The third kappa shape index (κ3) is 5.06. The van der Waals surface area contributed by atoms with Crippen molar-refractivity contribution in [3.05, 3.63) is 24.3 Å². The molecule has 1 atom stereocenters. The molecule has 1 saturated heterocycles.